The second-order valence-corrected chi connectivity index (χ2v) is 8.04. The molecular formula is C17H22O6P+. The van der Waals surface area contributed by atoms with E-state index < -0.39 is 44.0 Å². The Labute approximate surface area is 142 Å². The summed E-state index contributed by atoms with van der Waals surface area (Å²) in [7, 11) is -0.717. The predicted octanol–water partition coefficient (Wildman–Crippen LogP) is 1.60. The van der Waals surface area contributed by atoms with Crippen molar-refractivity contribution in [2.24, 2.45) is 0 Å². The van der Waals surface area contributed by atoms with Gasteiger partial charge >= 0.3 is 12.0 Å². The van der Waals surface area contributed by atoms with E-state index in [0.717, 1.165) is 0 Å². The number of carbonyl (C=O) groups excluding carboxylic acids is 1. The minimum atomic E-state index is -0.979. The van der Waals surface area contributed by atoms with Crippen LogP contribution in [-0.4, -0.2) is 67.2 Å². The minimum Gasteiger partial charge on any atom is -0.453 e. The number of hydrogen-bond acceptors (Lipinski definition) is 6. The summed E-state index contributed by atoms with van der Waals surface area (Å²) in [6, 6.07) is 8.22. The SMILES string of the molecule is C=[P+](C)C1OCC2OC(C)C(OC(=O)c3ccccc3)C(O)C2O1. The first-order valence-corrected chi connectivity index (χ1v) is 9.91. The second-order valence-electron chi connectivity index (χ2n) is 6.10. The number of ether oxygens (including phenoxy) is 4. The molecule has 2 aliphatic rings. The van der Waals surface area contributed by atoms with Crippen LogP contribution >= 0.6 is 7.55 Å². The molecule has 2 fully saturated rings. The third-order valence-electron chi connectivity index (χ3n) is 4.18. The molecule has 0 saturated carbocycles. The van der Waals surface area contributed by atoms with Crippen LogP contribution in [-0.2, 0) is 18.9 Å². The Balaban J connectivity index is 1.72. The van der Waals surface area contributed by atoms with Crippen molar-refractivity contribution < 1.29 is 28.8 Å². The highest BCUT2D eigenvalue weighted by atomic mass is 31.1. The van der Waals surface area contributed by atoms with Gasteiger partial charge in [-0.1, -0.05) is 18.2 Å². The van der Waals surface area contributed by atoms with Gasteiger partial charge in [0.25, 0.3) is 0 Å². The van der Waals surface area contributed by atoms with Crippen molar-refractivity contribution >= 4 is 19.8 Å². The van der Waals surface area contributed by atoms with Gasteiger partial charge in [-0.2, -0.15) is 0 Å². The molecule has 2 saturated heterocycles. The molecule has 24 heavy (non-hydrogen) atoms. The van der Waals surface area contributed by atoms with Crippen LogP contribution in [0.5, 0.6) is 0 Å². The van der Waals surface area contributed by atoms with Crippen LogP contribution < -0.4 is 0 Å². The molecule has 6 nitrogen and oxygen atoms in total. The average molecular weight is 353 g/mol. The summed E-state index contributed by atoms with van der Waals surface area (Å²) in [4.78, 5) is 12.3. The molecular weight excluding hydrogens is 331 g/mol. The Morgan fingerprint density at radius 1 is 1.33 bits per heavy atom. The normalized spacial score (nSPS) is 36.5. The fourth-order valence-electron chi connectivity index (χ4n) is 2.93. The van der Waals surface area contributed by atoms with Crippen molar-refractivity contribution in [1.82, 2.24) is 0 Å². The maximum atomic E-state index is 12.3. The number of aliphatic hydroxyl groups excluding tert-OH is 1. The van der Waals surface area contributed by atoms with Crippen LogP contribution in [0.25, 0.3) is 0 Å². The molecule has 0 radical (unpaired) electrons. The average Bonchev–Trinajstić information content (AvgIpc) is 2.58. The zero-order chi connectivity index (χ0) is 17.3. The van der Waals surface area contributed by atoms with Crippen molar-refractivity contribution in [3.8, 4) is 0 Å². The number of esters is 1. The second kappa shape index (κ2) is 7.30. The first-order valence-electron chi connectivity index (χ1n) is 7.87. The summed E-state index contributed by atoms with van der Waals surface area (Å²) in [6.07, 6.45) is 0.738. The van der Waals surface area contributed by atoms with Gasteiger partial charge in [-0.05, 0) is 19.1 Å². The topological polar surface area (TPSA) is 74.2 Å². The summed E-state index contributed by atoms with van der Waals surface area (Å²) in [5.41, 5.74) is 0.430. The molecule has 0 amide bonds. The maximum absolute atomic E-state index is 12.3. The van der Waals surface area contributed by atoms with Crippen molar-refractivity contribution in [1.29, 1.82) is 0 Å². The van der Waals surface area contributed by atoms with E-state index in [0.29, 0.717) is 12.2 Å². The van der Waals surface area contributed by atoms with E-state index in [2.05, 4.69) is 6.30 Å². The largest absolute Gasteiger partial charge is 0.453 e. The molecule has 2 heterocycles. The van der Waals surface area contributed by atoms with E-state index in [1.165, 1.54) is 0 Å². The Morgan fingerprint density at radius 3 is 2.71 bits per heavy atom. The minimum absolute atomic E-state index is 0.332. The molecule has 1 aromatic rings. The maximum Gasteiger partial charge on any atom is 0.338 e. The number of benzene rings is 1. The standard InChI is InChI=1S/C17H22O6P/c1-10-14(22-16(19)11-7-5-4-6-8-11)13(18)15-12(21-10)9-20-17(23-15)24(2)3/h4-8,10,12-15,17-18H,2,9H2,1,3H3/q+1. The Hall–Kier alpha value is -1.30. The number of rotatable bonds is 3. The van der Waals surface area contributed by atoms with Gasteiger partial charge in [-0.3, -0.25) is 0 Å². The van der Waals surface area contributed by atoms with Gasteiger partial charge in [0.05, 0.1) is 24.6 Å². The lowest BCUT2D eigenvalue weighted by Gasteiger charge is -2.45. The molecule has 1 N–H and O–H groups in total. The fourth-order valence-corrected chi connectivity index (χ4v) is 3.62. The monoisotopic (exact) mass is 353 g/mol. The lowest BCUT2D eigenvalue weighted by Crippen LogP contribution is -2.62. The first-order chi connectivity index (χ1) is 11.5. The van der Waals surface area contributed by atoms with E-state index in [1.54, 1.807) is 31.2 Å². The van der Waals surface area contributed by atoms with Crippen LogP contribution in [0, 0.1) is 0 Å². The molecule has 0 bridgehead atoms. The molecule has 1 aromatic carbocycles. The number of hydrogen-bond donors (Lipinski definition) is 1. The number of aliphatic hydroxyl groups is 1. The van der Waals surface area contributed by atoms with Crippen LogP contribution in [0.15, 0.2) is 30.3 Å². The summed E-state index contributed by atoms with van der Waals surface area (Å²) in [5, 5.41) is 10.7. The predicted molar refractivity (Wildman–Crippen MR) is 90.6 cm³/mol. The zero-order valence-electron chi connectivity index (χ0n) is 13.7. The zero-order valence-corrected chi connectivity index (χ0v) is 14.6. The molecule has 7 atom stereocenters. The molecule has 130 valence electrons. The lowest BCUT2D eigenvalue weighted by atomic mass is 9.95. The smallest absolute Gasteiger partial charge is 0.338 e. The van der Waals surface area contributed by atoms with Crippen LogP contribution in [0.3, 0.4) is 0 Å². The summed E-state index contributed by atoms with van der Waals surface area (Å²) in [6.45, 7) is 4.03. The van der Waals surface area contributed by atoms with Gasteiger partial charge in [-0.15, -0.1) is 0 Å². The molecule has 0 aromatic heterocycles. The molecule has 2 aliphatic heterocycles. The van der Waals surface area contributed by atoms with E-state index >= 15 is 0 Å². The van der Waals surface area contributed by atoms with Gasteiger partial charge in [0.1, 0.15) is 32.5 Å². The summed E-state index contributed by atoms with van der Waals surface area (Å²) in [5.74, 6) is -0.493. The van der Waals surface area contributed by atoms with Gasteiger partial charge < -0.3 is 24.1 Å². The van der Waals surface area contributed by atoms with Crippen molar-refractivity contribution in [2.45, 2.75) is 43.5 Å². The van der Waals surface area contributed by atoms with E-state index in [-0.39, 0.29) is 6.10 Å². The van der Waals surface area contributed by atoms with Gasteiger partial charge in [0.2, 0.25) is 0 Å². The highest BCUT2D eigenvalue weighted by Crippen LogP contribution is 2.36. The molecule has 0 aliphatic carbocycles. The van der Waals surface area contributed by atoms with Gasteiger partial charge in [-0.25, -0.2) is 4.79 Å². The molecule has 0 spiro atoms. The first kappa shape index (κ1) is 17.5. The number of carbonyl (C=O) groups is 1. The quantitative estimate of drug-likeness (QED) is 0.657. The Morgan fingerprint density at radius 2 is 2.04 bits per heavy atom. The Bertz CT molecular complexity index is 606. The van der Waals surface area contributed by atoms with Crippen molar-refractivity contribution in [2.75, 3.05) is 13.3 Å². The number of fused-ring (bicyclic) bond motifs is 1. The van der Waals surface area contributed by atoms with E-state index in [4.69, 9.17) is 18.9 Å². The van der Waals surface area contributed by atoms with Crippen LogP contribution in [0.1, 0.15) is 17.3 Å². The van der Waals surface area contributed by atoms with E-state index in [1.807, 2.05) is 12.7 Å². The van der Waals surface area contributed by atoms with Crippen molar-refractivity contribution in [3.05, 3.63) is 35.9 Å². The fraction of sp³-hybridized carbons (Fsp3) is 0.529. The highest BCUT2D eigenvalue weighted by Gasteiger charge is 2.51. The highest BCUT2D eigenvalue weighted by molar-refractivity contribution is 7.55. The Kier molecular flexibility index (Phi) is 5.33. The van der Waals surface area contributed by atoms with Gasteiger partial charge in [0, 0.05) is 0 Å². The molecule has 7 heteroatoms. The van der Waals surface area contributed by atoms with E-state index in [9.17, 15) is 9.90 Å². The van der Waals surface area contributed by atoms with Crippen LogP contribution in [0.2, 0.25) is 0 Å². The van der Waals surface area contributed by atoms with Crippen LogP contribution in [0.4, 0.5) is 0 Å². The van der Waals surface area contributed by atoms with Gasteiger partial charge in [0.15, 0.2) is 6.10 Å². The summed E-state index contributed by atoms with van der Waals surface area (Å²) < 4.78 is 22.7. The third-order valence-corrected chi connectivity index (χ3v) is 5.17. The third kappa shape index (κ3) is 3.53. The molecule has 3 rings (SSSR count). The lowest BCUT2D eigenvalue weighted by molar-refractivity contribution is -0.301. The molecule has 7 unspecified atom stereocenters. The summed E-state index contributed by atoms with van der Waals surface area (Å²) >= 11 is 0. The van der Waals surface area contributed by atoms with Crippen molar-refractivity contribution in [3.63, 3.8) is 0 Å².